The molecule has 0 aliphatic heterocycles. The maximum atomic E-state index is 11.1. The zero-order valence-corrected chi connectivity index (χ0v) is 11.2. The number of anilines is 1. The monoisotopic (exact) mass is 343 g/mol. The van der Waals surface area contributed by atoms with E-state index < -0.39 is 5.97 Å². The number of nitrogen functional groups attached to an aromatic ring is 1. The van der Waals surface area contributed by atoms with Crippen LogP contribution in [0.15, 0.2) is 24.5 Å². The van der Waals surface area contributed by atoms with Crippen molar-refractivity contribution in [3.63, 3.8) is 0 Å². The quantitative estimate of drug-likeness (QED) is 0.646. The summed E-state index contributed by atoms with van der Waals surface area (Å²) < 4.78 is 2.61. The molecule has 6 heteroatoms. The Morgan fingerprint density at radius 1 is 1.53 bits per heavy atom. The van der Waals surface area contributed by atoms with Gasteiger partial charge >= 0.3 is 5.97 Å². The molecule has 1 aromatic carbocycles. The molecular formula is C11H10IN3O2. The fourth-order valence-corrected chi connectivity index (χ4v) is 1.92. The number of aromatic carboxylic acids is 1. The van der Waals surface area contributed by atoms with E-state index in [1.54, 1.807) is 17.8 Å². The number of benzene rings is 1. The average molecular weight is 343 g/mol. The Hall–Kier alpha value is -1.57. The Morgan fingerprint density at radius 2 is 2.24 bits per heavy atom. The lowest BCUT2D eigenvalue weighted by Gasteiger charge is -2.08. The third kappa shape index (κ3) is 2.26. The molecule has 3 N–H and O–H groups in total. The Labute approximate surface area is 111 Å². The number of carboxylic acid groups (broad SMARTS) is 1. The third-order valence-electron chi connectivity index (χ3n) is 2.42. The van der Waals surface area contributed by atoms with Crippen LogP contribution in [0.3, 0.4) is 0 Å². The van der Waals surface area contributed by atoms with Gasteiger partial charge in [0.25, 0.3) is 0 Å². The zero-order valence-electron chi connectivity index (χ0n) is 9.01. The highest BCUT2D eigenvalue weighted by atomic mass is 127. The summed E-state index contributed by atoms with van der Waals surface area (Å²) >= 11 is 2.14. The summed E-state index contributed by atoms with van der Waals surface area (Å²) in [4.78, 5) is 11.1. The second kappa shape index (κ2) is 4.36. The van der Waals surface area contributed by atoms with Crippen molar-refractivity contribution >= 4 is 34.2 Å². The summed E-state index contributed by atoms with van der Waals surface area (Å²) in [5.74, 6) is -1.03. The Kier molecular flexibility index (Phi) is 3.05. The van der Waals surface area contributed by atoms with Gasteiger partial charge < -0.3 is 10.8 Å². The lowest BCUT2D eigenvalue weighted by Crippen LogP contribution is -2.07. The van der Waals surface area contributed by atoms with Gasteiger partial charge in [0.2, 0.25) is 0 Å². The first-order valence-electron chi connectivity index (χ1n) is 4.83. The van der Waals surface area contributed by atoms with E-state index in [2.05, 4.69) is 27.7 Å². The number of carboxylic acids is 1. The van der Waals surface area contributed by atoms with E-state index in [0.717, 1.165) is 9.13 Å². The second-order valence-corrected chi connectivity index (χ2v) is 4.88. The van der Waals surface area contributed by atoms with E-state index in [9.17, 15) is 4.79 Å². The van der Waals surface area contributed by atoms with Crippen LogP contribution < -0.4 is 5.73 Å². The summed E-state index contributed by atoms with van der Waals surface area (Å²) in [5.41, 5.74) is 7.54. The van der Waals surface area contributed by atoms with Crippen LogP contribution in [-0.2, 0) is 0 Å². The van der Waals surface area contributed by atoms with Crippen LogP contribution in [0.4, 0.5) is 5.69 Å². The first kappa shape index (κ1) is 11.9. The number of carbonyl (C=O) groups is 1. The molecule has 0 aliphatic carbocycles. The number of halogens is 1. The maximum absolute atomic E-state index is 11.1. The molecule has 0 radical (unpaired) electrons. The number of rotatable bonds is 2. The predicted octanol–water partition coefficient (Wildman–Crippen LogP) is 2.07. The fourth-order valence-electron chi connectivity index (χ4n) is 1.53. The molecule has 5 nitrogen and oxygen atoms in total. The van der Waals surface area contributed by atoms with Gasteiger partial charge in [-0.25, -0.2) is 9.48 Å². The molecule has 0 atom stereocenters. The summed E-state index contributed by atoms with van der Waals surface area (Å²) in [6, 6.07) is 3.33. The van der Waals surface area contributed by atoms with Crippen molar-refractivity contribution < 1.29 is 9.90 Å². The van der Waals surface area contributed by atoms with Crippen LogP contribution >= 0.6 is 22.6 Å². The normalized spacial score (nSPS) is 10.5. The molecule has 0 saturated carbocycles. The van der Waals surface area contributed by atoms with E-state index in [0.29, 0.717) is 11.4 Å². The highest BCUT2D eigenvalue weighted by Gasteiger charge is 2.12. The van der Waals surface area contributed by atoms with Crippen molar-refractivity contribution in [1.82, 2.24) is 9.78 Å². The van der Waals surface area contributed by atoms with Gasteiger partial charge in [-0.05, 0) is 47.2 Å². The van der Waals surface area contributed by atoms with Crippen molar-refractivity contribution in [2.24, 2.45) is 0 Å². The average Bonchev–Trinajstić information content (AvgIpc) is 2.68. The standard InChI is InChI=1S/C11H10IN3O2/c1-6-2-8(15-5-7(12)4-14-15)3-9(10(6)13)11(16)17/h2-5H,13H2,1H3,(H,16,17). The van der Waals surface area contributed by atoms with Crippen molar-refractivity contribution in [3.8, 4) is 5.69 Å². The Morgan fingerprint density at radius 3 is 2.76 bits per heavy atom. The van der Waals surface area contributed by atoms with Crippen LogP contribution in [0, 0.1) is 10.5 Å². The molecule has 0 aliphatic rings. The molecule has 0 amide bonds. The van der Waals surface area contributed by atoms with Crippen LogP contribution in [0.2, 0.25) is 0 Å². The third-order valence-corrected chi connectivity index (χ3v) is 2.97. The number of nitrogens with two attached hydrogens (primary N) is 1. The first-order valence-corrected chi connectivity index (χ1v) is 5.91. The summed E-state index contributed by atoms with van der Waals surface area (Å²) in [5, 5.41) is 13.2. The van der Waals surface area contributed by atoms with Crippen LogP contribution in [-0.4, -0.2) is 20.9 Å². The number of nitrogens with zero attached hydrogens (tertiary/aromatic N) is 2. The molecule has 2 rings (SSSR count). The number of hydrogen-bond donors (Lipinski definition) is 2. The van der Waals surface area contributed by atoms with Gasteiger partial charge in [0.05, 0.1) is 21.0 Å². The molecule has 17 heavy (non-hydrogen) atoms. The molecule has 0 unspecified atom stereocenters. The molecule has 1 aromatic heterocycles. The molecule has 0 bridgehead atoms. The smallest absolute Gasteiger partial charge is 0.337 e. The fraction of sp³-hybridized carbons (Fsp3) is 0.0909. The van der Waals surface area contributed by atoms with Crippen LogP contribution in [0.1, 0.15) is 15.9 Å². The highest BCUT2D eigenvalue weighted by Crippen LogP contribution is 2.22. The van der Waals surface area contributed by atoms with Crippen molar-refractivity contribution in [1.29, 1.82) is 0 Å². The molecule has 1 heterocycles. The van der Waals surface area contributed by atoms with Crippen LogP contribution in [0.25, 0.3) is 5.69 Å². The lowest BCUT2D eigenvalue weighted by atomic mass is 10.1. The minimum Gasteiger partial charge on any atom is -0.478 e. The summed E-state index contributed by atoms with van der Waals surface area (Å²) in [6.07, 6.45) is 3.52. The van der Waals surface area contributed by atoms with Crippen molar-refractivity contribution in [2.45, 2.75) is 6.92 Å². The lowest BCUT2D eigenvalue weighted by molar-refractivity contribution is 0.0698. The summed E-state index contributed by atoms with van der Waals surface area (Å²) in [7, 11) is 0. The van der Waals surface area contributed by atoms with Crippen LogP contribution in [0.5, 0.6) is 0 Å². The number of hydrogen-bond acceptors (Lipinski definition) is 3. The largest absolute Gasteiger partial charge is 0.478 e. The van der Waals surface area contributed by atoms with Gasteiger partial charge in [0.15, 0.2) is 0 Å². The molecule has 2 aromatic rings. The van der Waals surface area contributed by atoms with Gasteiger partial charge in [0, 0.05) is 11.9 Å². The van der Waals surface area contributed by atoms with E-state index in [1.807, 2.05) is 12.3 Å². The van der Waals surface area contributed by atoms with Gasteiger partial charge in [-0.2, -0.15) is 5.10 Å². The Balaban J connectivity index is 2.60. The van der Waals surface area contributed by atoms with Crippen molar-refractivity contribution in [2.75, 3.05) is 5.73 Å². The predicted molar refractivity (Wildman–Crippen MR) is 72.4 cm³/mol. The summed E-state index contributed by atoms with van der Waals surface area (Å²) in [6.45, 7) is 1.78. The molecule has 0 saturated heterocycles. The van der Waals surface area contributed by atoms with E-state index in [4.69, 9.17) is 10.8 Å². The number of aromatic nitrogens is 2. The highest BCUT2D eigenvalue weighted by molar-refractivity contribution is 14.1. The number of aryl methyl sites for hydroxylation is 1. The molecule has 0 spiro atoms. The van der Waals surface area contributed by atoms with Gasteiger partial charge in [-0.15, -0.1) is 0 Å². The maximum Gasteiger partial charge on any atom is 0.337 e. The Bertz CT molecular complexity index is 592. The van der Waals surface area contributed by atoms with Gasteiger partial charge in [-0.3, -0.25) is 0 Å². The minimum atomic E-state index is -1.03. The van der Waals surface area contributed by atoms with Gasteiger partial charge in [-0.1, -0.05) is 0 Å². The molecule has 0 fully saturated rings. The van der Waals surface area contributed by atoms with E-state index in [-0.39, 0.29) is 5.56 Å². The molecular weight excluding hydrogens is 333 g/mol. The SMILES string of the molecule is Cc1cc(-n2cc(I)cn2)cc(C(=O)O)c1N. The first-order chi connectivity index (χ1) is 7.99. The minimum absolute atomic E-state index is 0.102. The van der Waals surface area contributed by atoms with E-state index >= 15 is 0 Å². The van der Waals surface area contributed by atoms with E-state index in [1.165, 1.54) is 6.07 Å². The zero-order chi connectivity index (χ0) is 12.6. The van der Waals surface area contributed by atoms with Gasteiger partial charge in [0.1, 0.15) is 0 Å². The topological polar surface area (TPSA) is 81.1 Å². The van der Waals surface area contributed by atoms with Crippen molar-refractivity contribution in [3.05, 3.63) is 39.2 Å². The second-order valence-electron chi connectivity index (χ2n) is 3.63. The molecule has 88 valence electrons.